The molecule has 8 heteroatoms. The number of carboxylic acids is 1. The Bertz CT molecular complexity index is 304. The maximum absolute atomic E-state index is 11.5. The van der Waals surface area contributed by atoms with Crippen molar-refractivity contribution in [2.45, 2.75) is 20.0 Å². The van der Waals surface area contributed by atoms with Crippen LogP contribution in [0.25, 0.3) is 0 Å². The van der Waals surface area contributed by atoms with Crippen LogP contribution >= 0.6 is 0 Å². The zero-order chi connectivity index (χ0) is 14.1. The Morgan fingerprint density at radius 2 is 1.72 bits per heavy atom. The molecule has 0 rings (SSSR count). The Morgan fingerprint density at radius 1 is 1.17 bits per heavy atom. The number of nitrogens with zero attached hydrogens (tertiary/aromatic N) is 1. The van der Waals surface area contributed by atoms with Crippen LogP contribution in [0.1, 0.15) is 13.8 Å². The van der Waals surface area contributed by atoms with Crippen molar-refractivity contribution in [1.29, 1.82) is 0 Å². The van der Waals surface area contributed by atoms with Gasteiger partial charge in [-0.2, -0.15) is 0 Å². The molecule has 0 radical (unpaired) electrons. The molecule has 4 N–H and O–H groups in total. The Kier molecular flexibility index (Phi) is 7.45. The van der Waals surface area contributed by atoms with Crippen molar-refractivity contribution in [2.24, 2.45) is 0 Å². The van der Waals surface area contributed by atoms with Gasteiger partial charge in [-0.3, -0.25) is 4.79 Å². The van der Waals surface area contributed by atoms with Crippen molar-refractivity contribution in [1.82, 2.24) is 15.5 Å². The van der Waals surface area contributed by atoms with E-state index in [0.717, 1.165) is 0 Å². The van der Waals surface area contributed by atoms with Gasteiger partial charge in [0.25, 0.3) is 0 Å². The predicted molar refractivity (Wildman–Crippen MR) is 63.0 cm³/mol. The largest absolute Gasteiger partial charge is 0.479 e. The van der Waals surface area contributed by atoms with Crippen LogP contribution in [-0.2, 0) is 9.59 Å². The molecule has 0 heterocycles. The second-order valence-corrected chi connectivity index (χ2v) is 3.48. The molecule has 1 atom stereocenters. The molecule has 8 nitrogen and oxygen atoms in total. The summed E-state index contributed by atoms with van der Waals surface area (Å²) in [5, 5.41) is 21.7. The number of carboxylic acid groups (broad SMARTS) is 1. The lowest BCUT2D eigenvalue weighted by Crippen LogP contribution is -2.46. The molecule has 0 aliphatic rings. The van der Waals surface area contributed by atoms with E-state index in [0.29, 0.717) is 13.1 Å². The van der Waals surface area contributed by atoms with E-state index in [1.807, 2.05) is 13.8 Å². The summed E-state index contributed by atoms with van der Waals surface area (Å²) in [5.74, 6) is -1.65. The lowest BCUT2D eigenvalue weighted by molar-refractivity contribution is -0.146. The molecule has 0 bridgehead atoms. The highest BCUT2D eigenvalue weighted by atomic mass is 16.4. The molecule has 0 saturated carbocycles. The van der Waals surface area contributed by atoms with Crippen LogP contribution in [0.15, 0.2) is 0 Å². The minimum Gasteiger partial charge on any atom is -0.479 e. The molecule has 104 valence electrons. The van der Waals surface area contributed by atoms with Crippen LogP contribution in [-0.4, -0.2) is 65.3 Å². The molecule has 3 amide bonds. The normalized spacial score (nSPS) is 11.5. The molecule has 0 saturated heterocycles. The fourth-order valence-corrected chi connectivity index (χ4v) is 1.18. The van der Waals surface area contributed by atoms with Gasteiger partial charge < -0.3 is 25.7 Å². The Morgan fingerprint density at radius 3 is 2.17 bits per heavy atom. The summed E-state index contributed by atoms with van der Waals surface area (Å²) in [6.45, 7) is 4.17. The van der Waals surface area contributed by atoms with Gasteiger partial charge >= 0.3 is 12.0 Å². The number of carbonyl (C=O) groups is 3. The van der Waals surface area contributed by atoms with Crippen molar-refractivity contribution in [2.75, 3.05) is 26.2 Å². The third-order valence-corrected chi connectivity index (χ3v) is 2.26. The molecular weight excluding hydrogens is 242 g/mol. The Hall–Kier alpha value is -1.83. The van der Waals surface area contributed by atoms with Gasteiger partial charge in [-0.1, -0.05) is 0 Å². The summed E-state index contributed by atoms with van der Waals surface area (Å²) in [7, 11) is 0. The van der Waals surface area contributed by atoms with E-state index in [4.69, 9.17) is 10.2 Å². The van der Waals surface area contributed by atoms with Gasteiger partial charge in [0, 0.05) is 13.1 Å². The Labute approximate surface area is 105 Å². The third-order valence-electron chi connectivity index (χ3n) is 2.26. The molecule has 0 aromatic heterocycles. The number of amides is 3. The van der Waals surface area contributed by atoms with Crippen molar-refractivity contribution in [3.8, 4) is 0 Å². The van der Waals surface area contributed by atoms with Crippen LogP contribution in [0.4, 0.5) is 4.79 Å². The average Bonchev–Trinajstić information content (AvgIpc) is 2.34. The average molecular weight is 261 g/mol. The molecule has 0 fully saturated rings. The summed E-state index contributed by atoms with van der Waals surface area (Å²) in [6.07, 6.45) is -1.66. The first-order chi connectivity index (χ1) is 8.42. The van der Waals surface area contributed by atoms with E-state index in [9.17, 15) is 14.4 Å². The quantitative estimate of drug-likeness (QED) is 0.449. The number of hydrogen-bond donors (Lipinski definition) is 4. The number of aliphatic carboxylic acids is 1. The number of aliphatic hydroxyl groups is 1. The van der Waals surface area contributed by atoms with Crippen LogP contribution < -0.4 is 10.6 Å². The van der Waals surface area contributed by atoms with E-state index in [2.05, 4.69) is 10.6 Å². The fraction of sp³-hybridized carbons (Fsp3) is 0.700. The minimum atomic E-state index is -1.66. The van der Waals surface area contributed by atoms with Gasteiger partial charge in [0.2, 0.25) is 5.91 Å². The van der Waals surface area contributed by atoms with Crippen molar-refractivity contribution in [3.63, 3.8) is 0 Å². The molecule has 0 aromatic rings. The zero-order valence-corrected chi connectivity index (χ0v) is 10.5. The first-order valence-electron chi connectivity index (χ1n) is 5.62. The minimum absolute atomic E-state index is 0.170. The van der Waals surface area contributed by atoms with Crippen molar-refractivity contribution in [3.05, 3.63) is 0 Å². The fourth-order valence-electron chi connectivity index (χ4n) is 1.18. The number of aliphatic hydroxyl groups excluding tert-OH is 1. The number of carbonyl (C=O) groups excluding carboxylic acids is 2. The van der Waals surface area contributed by atoms with Gasteiger partial charge in [0.05, 0.1) is 13.1 Å². The Balaban J connectivity index is 3.90. The standard InChI is InChI=1S/C10H19N3O5/c1-3-13(4-2)8(15)6-12-10(18)11-5-7(14)9(16)17/h7,14H,3-6H2,1-2H3,(H,16,17)(H2,11,12,18). The van der Waals surface area contributed by atoms with Gasteiger partial charge in [0.15, 0.2) is 6.10 Å². The topological polar surface area (TPSA) is 119 Å². The molecule has 0 aromatic carbocycles. The highest BCUT2D eigenvalue weighted by Gasteiger charge is 2.15. The van der Waals surface area contributed by atoms with Gasteiger partial charge in [0.1, 0.15) is 0 Å². The van der Waals surface area contributed by atoms with E-state index in [1.54, 1.807) is 4.90 Å². The van der Waals surface area contributed by atoms with Crippen molar-refractivity contribution < 1.29 is 24.6 Å². The lowest BCUT2D eigenvalue weighted by Gasteiger charge is -2.18. The molecule has 1 unspecified atom stereocenters. The highest BCUT2D eigenvalue weighted by molar-refractivity contribution is 5.84. The van der Waals surface area contributed by atoms with Gasteiger partial charge in [-0.15, -0.1) is 0 Å². The lowest BCUT2D eigenvalue weighted by atomic mass is 10.3. The molecule has 0 spiro atoms. The second-order valence-electron chi connectivity index (χ2n) is 3.48. The van der Waals surface area contributed by atoms with E-state index in [-0.39, 0.29) is 12.5 Å². The van der Waals surface area contributed by atoms with Crippen LogP contribution in [0.2, 0.25) is 0 Å². The maximum Gasteiger partial charge on any atom is 0.334 e. The predicted octanol–water partition coefficient (Wildman–Crippen LogP) is -1.40. The third kappa shape index (κ3) is 6.04. The maximum atomic E-state index is 11.5. The summed E-state index contributed by atoms with van der Waals surface area (Å²) < 4.78 is 0. The summed E-state index contributed by atoms with van der Waals surface area (Å²) in [5.41, 5.74) is 0. The van der Waals surface area contributed by atoms with E-state index < -0.39 is 24.6 Å². The molecule has 0 aliphatic carbocycles. The molecular formula is C10H19N3O5. The van der Waals surface area contributed by atoms with E-state index in [1.165, 1.54) is 0 Å². The molecule has 0 aliphatic heterocycles. The number of urea groups is 1. The molecule has 18 heavy (non-hydrogen) atoms. The zero-order valence-electron chi connectivity index (χ0n) is 10.5. The van der Waals surface area contributed by atoms with Gasteiger partial charge in [-0.25, -0.2) is 9.59 Å². The number of rotatable bonds is 7. The second kappa shape index (κ2) is 8.29. The van der Waals surface area contributed by atoms with Crippen LogP contribution in [0, 0.1) is 0 Å². The monoisotopic (exact) mass is 261 g/mol. The number of hydrogen-bond acceptors (Lipinski definition) is 4. The summed E-state index contributed by atoms with van der Waals surface area (Å²) in [6, 6.07) is -0.698. The van der Waals surface area contributed by atoms with Crippen molar-refractivity contribution >= 4 is 17.9 Å². The van der Waals surface area contributed by atoms with Crippen LogP contribution in [0.5, 0.6) is 0 Å². The van der Waals surface area contributed by atoms with Crippen LogP contribution in [0.3, 0.4) is 0 Å². The number of likely N-dealkylation sites (N-methyl/N-ethyl adjacent to an activating group) is 1. The highest BCUT2D eigenvalue weighted by Crippen LogP contribution is 1.87. The summed E-state index contributed by atoms with van der Waals surface area (Å²) in [4.78, 5) is 34.5. The summed E-state index contributed by atoms with van der Waals surface area (Å²) >= 11 is 0. The first-order valence-corrected chi connectivity index (χ1v) is 5.62. The van der Waals surface area contributed by atoms with E-state index >= 15 is 0 Å². The first kappa shape index (κ1) is 16.2. The number of nitrogens with one attached hydrogen (secondary N) is 2. The smallest absolute Gasteiger partial charge is 0.334 e. The SMILES string of the molecule is CCN(CC)C(=O)CNC(=O)NCC(O)C(=O)O. The van der Waals surface area contributed by atoms with Gasteiger partial charge in [-0.05, 0) is 13.8 Å².